The van der Waals surface area contributed by atoms with Crippen LogP contribution in [-0.2, 0) is 0 Å². The highest BCUT2D eigenvalue weighted by Crippen LogP contribution is 1.74. The fourth-order valence-corrected chi connectivity index (χ4v) is 0.283. The maximum Gasteiger partial charge on any atom is 0.0277 e. The molecule has 1 nitrogen and oxygen atoms in total. The fraction of sp³-hybridized carbons (Fsp3) is 0.625. The lowest BCUT2D eigenvalue weighted by Crippen LogP contribution is -1.59. The highest BCUT2D eigenvalue weighted by molar-refractivity contribution is 5.70. The van der Waals surface area contributed by atoms with Crippen molar-refractivity contribution in [3.05, 3.63) is 12.2 Å². The Labute approximate surface area is 58.5 Å². The predicted molar refractivity (Wildman–Crippen MR) is 45.2 cm³/mol. The topological polar surface area (TPSA) is 12.4 Å². The molecule has 0 saturated heterocycles. The first-order valence-corrected chi connectivity index (χ1v) is 3.49. The molecule has 0 aromatic rings. The molecule has 0 aromatic carbocycles. The van der Waals surface area contributed by atoms with Crippen molar-refractivity contribution in [3.63, 3.8) is 0 Å². The van der Waals surface area contributed by atoms with E-state index in [1.807, 2.05) is 19.9 Å². The van der Waals surface area contributed by atoms with Crippen LogP contribution in [0.4, 0.5) is 0 Å². The number of hydrogen-bond acceptors (Lipinski definition) is 1. The Bertz CT molecular complexity index is 72.6. The minimum Gasteiger partial charge on any atom is -0.297 e. The lowest BCUT2D eigenvalue weighted by Gasteiger charge is -1.70. The van der Waals surface area contributed by atoms with Crippen molar-refractivity contribution in [1.82, 2.24) is 0 Å². The Morgan fingerprint density at radius 2 is 1.89 bits per heavy atom. The summed E-state index contributed by atoms with van der Waals surface area (Å²) >= 11 is 0. The molecule has 1 heteroatoms. The van der Waals surface area contributed by atoms with Gasteiger partial charge in [0.05, 0.1) is 0 Å². The number of aliphatic imine (C=N–C) groups is 1. The Morgan fingerprint density at radius 1 is 1.33 bits per heavy atom. The van der Waals surface area contributed by atoms with Crippen LogP contribution in [0.25, 0.3) is 0 Å². The van der Waals surface area contributed by atoms with Crippen LogP contribution < -0.4 is 0 Å². The zero-order chi connectivity index (χ0) is 7.54. The van der Waals surface area contributed by atoms with Crippen molar-refractivity contribution in [2.45, 2.75) is 27.2 Å². The molecule has 0 aliphatic carbocycles. The molecule has 0 heterocycles. The summed E-state index contributed by atoms with van der Waals surface area (Å²) in [7, 11) is 1.76. The van der Waals surface area contributed by atoms with Gasteiger partial charge in [-0.25, -0.2) is 0 Å². The summed E-state index contributed by atoms with van der Waals surface area (Å²) < 4.78 is 0. The second-order valence-electron chi connectivity index (χ2n) is 1.24. The molecule has 0 aliphatic rings. The number of nitrogens with zero attached hydrogens (tertiary/aromatic N) is 1. The van der Waals surface area contributed by atoms with Crippen molar-refractivity contribution in [3.8, 4) is 0 Å². The van der Waals surface area contributed by atoms with Crippen LogP contribution >= 0.6 is 0 Å². The highest BCUT2D eigenvalue weighted by Gasteiger charge is 1.58. The normalized spacial score (nSPS) is 9.78. The second kappa shape index (κ2) is 15.7. The monoisotopic (exact) mass is 127 g/mol. The van der Waals surface area contributed by atoms with Gasteiger partial charge in [0.1, 0.15) is 0 Å². The van der Waals surface area contributed by atoms with Crippen molar-refractivity contribution >= 4 is 6.21 Å². The zero-order valence-corrected chi connectivity index (χ0v) is 6.89. The Balaban J connectivity index is 0. The smallest absolute Gasteiger partial charge is 0.0277 e. The average Bonchev–Trinajstić information content (AvgIpc) is 1.94. The summed E-state index contributed by atoms with van der Waals surface area (Å²) in [6.45, 7) is 6.10. The maximum absolute atomic E-state index is 3.76. The molecule has 0 unspecified atom stereocenters. The molecule has 0 saturated carbocycles. The Morgan fingerprint density at radius 3 is 2.22 bits per heavy atom. The molecule has 0 aliphatic heterocycles. The van der Waals surface area contributed by atoms with Gasteiger partial charge in [0.25, 0.3) is 0 Å². The molecule has 0 rings (SSSR count). The van der Waals surface area contributed by atoms with Crippen LogP contribution in [0.1, 0.15) is 27.2 Å². The van der Waals surface area contributed by atoms with E-state index in [0.29, 0.717) is 0 Å². The third-order valence-electron chi connectivity index (χ3n) is 0.607. The predicted octanol–water partition coefficient (Wildman–Crippen LogP) is 2.68. The van der Waals surface area contributed by atoms with Crippen molar-refractivity contribution in [1.29, 1.82) is 0 Å². The molecule has 0 amide bonds. The molecule has 0 spiro atoms. The Kier molecular flexibility index (Phi) is 19.5. The van der Waals surface area contributed by atoms with Gasteiger partial charge < -0.3 is 0 Å². The van der Waals surface area contributed by atoms with Gasteiger partial charge in [-0.15, -0.1) is 0 Å². The molecule has 0 N–H and O–H groups in total. The van der Waals surface area contributed by atoms with E-state index in [-0.39, 0.29) is 0 Å². The maximum atomic E-state index is 3.76. The SMILES string of the molecule is CC.CC/C=C\C=NC. The first kappa shape index (κ1) is 11.2. The molecule has 0 radical (unpaired) electrons. The average molecular weight is 127 g/mol. The first-order chi connectivity index (χ1) is 4.41. The van der Waals surface area contributed by atoms with Gasteiger partial charge in [-0.2, -0.15) is 0 Å². The van der Waals surface area contributed by atoms with E-state index < -0.39 is 0 Å². The van der Waals surface area contributed by atoms with Crippen LogP contribution in [0.5, 0.6) is 0 Å². The summed E-state index contributed by atoms with van der Waals surface area (Å²) in [6, 6.07) is 0. The minimum absolute atomic E-state index is 1.09. The van der Waals surface area contributed by atoms with Crippen molar-refractivity contribution < 1.29 is 0 Å². The van der Waals surface area contributed by atoms with Gasteiger partial charge in [-0.3, -0.25) is 4.99 Å². The third-order valence-corrected chi connectivity index (χ3v) is 0.607. The summed E-state index contributed by atoms with van der Waals surface area (Å²) in [5, 5.41) is 0. The highest BCUT2D eigenvalue weighted by atomic mass is 14.6. The summed E-state index contributed by atoms with van der Waals surface area (Å²) in [6.07, 6.45) is 6.88. The van der Waals surface area contributed by atoms with Crippen molar-refractivity contribution in [2.24, 2.45) is 4.99 Å². The lowest BCUT2D eigenvalue weighted by atomic mass is 10.4. The zero-order valence-electron chi connectivity index (χ0n) is 6.89. The molecule has 0 fully saturated rings. The van der Waals surface area contributed by atoms with Crippen LogP contribution in [-0.4, -0.2) is 13.3 Å². The van der Waals surface area contributed by atoms with Gasteiger partial charge in [0.2, 0.25) is 0 Å². The fourth-order valence-electron chi connectivity index (χ4n) is 0.283. The first-order valence-electron chi connectivity index (χ1n) is 3.49. The van der Waals surface area contributed by atoms with E-state index in [9.17, 15) is 0 Å². The molecular weight excluding hydrogens is 110 g/mol. The summed E-state index contributed by atoms with van der Waals surface area (Å²) in [5.74, 6) is 0. The lowest BCUT2D eigenvalue weighted by molar-refractivity contribution is 1.23. The van der Waals surface area contributed by atoms with Crippen LogP contribution in [0, 0.1) is 0 Å². The van der Waals surface area contributed by atoms with Crippen LogP contribution in [0.15, 0.2) is 17.1 Å². The van der Waals surface area contributed by atoms with E-state index in [0.717, 1.165) is 6.42 Å². The molecule has 54 valence electrons. The number of rotatable bonds is 2. The van der Waals surface area contributed by atoms with Crippen LogP contribution in [0.3, 0.4) is 0 Å². The van der Waals surface area contributed by atoms with Gasteiger partial charge >= 0.3 is 0 Å². The molecule has 0 atom stereocenters. The number of allylic oxidation sites excluding steroid dienone is 2. The summed E-state index contributed by atoms with van der Waals surface area (Å²) in [4.78, 5) is 3.76. The van der Waals surface area contributed by atoms with Crippen molar-refractivity contribution in [2.75, 3.05) is 7.05 Å². The number of hydrogen-bond donors (Lipinski definition) is 0. The van der Waals surface area contributed by atoms with E-state index >= 15 is 0 Å². The standard InChI is InChI=1S/C6H11N.C2H6/c1-3-4-5-6-7-2;1-2/h4-6H,3H2,1-2H3;1-2H3/b5-4-,7-6?;. The Hall–Kier alpha value is -0.590. The summed E-state index contributed by atoms with van der Waals surface area (Å²) in [5.41, 5.74) is 0. The van der Waals surface area contributed by atoms with E-state index in [1.165, 1.54) is 0 Å². The molecule has 9 heavy (non-hydrogen) atoms. The minimum atomic E-state index is 1.09. The van der Waals surface area contributed by atoms with E-state index in [4.69, 9.17) is 0 Å². The largest absolute Gasteiger partial charge is 0.297 e. The quantitative estimate of drug-likeness (QED) is 0.506. The second-order valence-corrected chi connectivity index (χ2v) is 1.24. The van der Waals surface area contributed by atoms with Crippen LogP contribution in [0.2, 0.25) is 0 Å². The van der Waals surface area contributed by atoms with Gasteiger partial charge in [0.15, 0.2) is 0 Å². The molecule has 0 bridgehead atoms. The van der Waals surface area contributed by atoms with Gasteiger partial charge in [-0.05, 0) is 12.5 Å². The van der Waals surface area contributed by atoms with E-state index in [1.54, 1.807) is 13.3 Å². The van der Waals surface area contributed by atoms with Gasteiger partial charge in [-0.1, -0.05) is 26.8 Å². The molecular formula is C8H17N. The third kappa shape index (κ3) is 18.7. The molecule has 0 aromatic heterocycles. The van der Waals surface area contributed by atoms with E-state index in [2.05, 4.69) is 18.0 Å². The van der Waals surface area contributed by atoms with Gasteiger partial charge in [0, 0.05) is 13.3 Å².